The van der Waals surface area contributed by atoms with E-state index in [2.05, 4.69) is 22.9 Å². The Balaban J connectivity index is 2.41. The number of benzene rings is 1. The molecule has 6 heteroatoms. The van der Waals surface area contributed by atoms with Gasteiger partial charge in [-0.25, -0.2) is 8.42 Å². The molecule has 1 unspecified atom stereocenters. The number of hydrogen-bond donors (Lipinski definition) is 1. The molecule has 0 saturated carbocycles. The van der Waals surface area contributed by atoms with Gasteiger partial charge >= 0.3 is 0 Å². The lowest BCUT2D eigenvalue weighted by atomic mass is 9.97. The summed E-state index contributed by atoms with van der Waals surface area (Å²) in [5, 5.41) is 9.31. The number of sulfonamides is 1. The van der Waals surface area contributed by atoms with Crippen molar-refractivity contribution in [2.45, 2.75) is 44.6 Å². The first-order valence-corrected chi connectivity index (χ1v) is 9.53. The van der Waals surface area contributed by atoms with Gasteiger partial charge in [0.2, 0.25) is 10.0 Å². The number of rotatable bonds is 4. The summed E-state index contributed by atoms with van der Waals surface area (Å²) in [5.41, 5.74) is 1.45. The highest BCUT2D eigenvalue weighted by Crippen LogP contribution is 2.32. The van der Waals surface area contributed by atoms with Crippen LogP contribution in [-0.2, 0) is 16.6 Å². The quantitative estimate of drug-likeness (QED) is 0.879. The highest BCUT2D eigenvalue weighted by Gasteiger charge is 2.31. The molecular weight excluding hydrogens is 354 g/mol. The summed E-state index contributed by atoms with van der Waals surface area (Å²) >= 11 is 3.39. The molecule has 0 aliphatic carbocycles. The summed E-state index contributed by atoms with van der Waals surface area (Å²) in [6, 6.07) is 3.37. The molecule has 1 heterocycles. The van der Waals surface area contributed by atoms with Gasteiger partial charge < -0.3 is 5.11 Å². The maximum absolute atomic E-state index is 12.9. The summed E-state index contributed by atoms with van der Waals surface area (Å²) in [4.78, 5) is 0.267. The second-order valence-corrected chi connectivity index (χ2v) is 8.36. The van der Waals surface area contributed by atoms with Crippen molar-refractivity contribution < 1.29 is 13.5 Å². The molecule has 0 amide bonds. The van der Waals surface area contributed by atoms with Crippen molar-refractivity contribution in [2.24, 2.45) is 5.92 Å². The number of aryl methyl sites for hydroxylation is 1. The average molecular weight is 376 g/mol. The zero-order chi connectivity index (χ0) is 15.6. The van der Waals surface area contributed by atoms with Crippen LogP contribution in [0.1, 0.15) is 37.3 Å². The van der Waals surface area contributed by atoms with E-state index in [9.17, 15) is 13.5 Å². The molecule has 1 atom stereocenters. The molecule has 0 bridgehead atoms. The van der Waals surface area contributed by atoms with E-state index in [-0.39, 0.29) is 11.5 Å². The first-order valence-electron chi connectivity index (χ1n) is 7.30. The van der Waals surface area contributed by atoms with Crippen LogP contribution in [-0.4, -0.2) is 30.9 Å². The van der Waals surface area contributed by atoms with Crippen LogP contribution >= 0.6 is 15.9 Å². The molecule has 1 aliphatic rings. The molecule has 1 fully saturated rings. The standard InChI is InChI=1S/C15H22BrNO3S/c1-3-12-5-4-6-17(9-12)21(19,20)14-8-13(10-18)7-11(2)15(14)16/h7-8,12,18H,3-6,9-10H2,1-2H3. The fraction of sp³-hybridized carbons (Fsp3) is 0.600. The van der Waals surface area contributed by atoms with Crippen LogP contribution < -0.4 is 0 Å². The molecule has 0 spiro atoms. The summed E-state index contributed by atoms with van der Waals surface area (Å²) in [7, 11) is -3.52. The van der Waals surface area contributed by atoms with Crippen LogP contribution in [0.2, 0.25) is 0 Å². The second kappa shape index (κ2) is 6.77. The Morgan fingerprint density at radius 3 is 2.76 bits per heavy atom. The van der Waals surface area contributed by atoms with Crippen LogP contribution in [0.25, 0.3) is 0 Å². The first-order chi connectivity index (χ1) is 9.90. The largest absolute Gasteiger partial charge is 0.392 e. The Morgan fingerprint density at radius 2 is 2.14 bits per heavy atom. The Bertz CT molecular complexity index is 616. The van der Waals surface area contributed by atoms with Crippen LogP contribution in [0.4, 0.5) is 0 Å². The van der Waals surface area contributed by atoms with Crippen LogP contribution in [0.15, 0.2) is 21.5 Å². The van der Waals surface area contributed by atoms with Crippen molar-refractivity contribution in [1.29, 1.82) is 0 Å². The number of halogens is 1. The Labute approximate surface area is 135 Å². The Morgan fingerprint density at radius 1 is 1.43 bits per heavy atom. The van der Waals surface area contributed by atoms with Crippen molar-refractivity contribution in [2.75, 3.05) is 13.1 Å². The van der Waals surface area contributed by atoms with E-state index in [4.69, 9.17) is 0 Å². The van der Waals surface area contributed by atoms with E-state index in [0.29, 0.717) is 29.0 Å². The molecule has 1 aromatic carbocycles. The smallest absolute Gasteiger partial charge is 0.244 e. The predicted octanol–water partition coefficient (Wildman–Crippen LogP) is 3.06. The maximum atomic E-state index is 12.9. The normalized spacial score (nSPS) is 20.7. The highest BCUT2D eigenvalue weighted by atomic mass is 79.9. The molecule has 21 heavy (non-hydrogen) atoms. The van der Waals surface area contributed by atoms with Crippen LogP contribution in [0, 0.1) is 12.8 Å². The third kappa shape index (κ3) is 3.50. The maximum Gasteiger partial charge on any atom is 0.244 e. The number of aliphatic hydroxyl groups excluding tert-OH is 1. The topological polar surface area (TPSA) is 57.6 Å². The SMILES string of the molecule is CCC1CCCN(S(=O)(=O)c2cc(CO)cc(C)c2Br)C1. The number of hydrogen-bond acceptors (Lipinski definition) is 3. The van der Waals surface area contributed by atoms with Gasteiger partial charge in [-0.1, -0.05) is 19.4 Å². The van der Waals surface area contributed by atoms with Gasteiger partial charge in [0.25, 0.3) is 0 Å². The highest BCUT2D eigenvalue weighted by molar-refractivity contribution is 9.10. The minimum Gasteiger partial charge on any atom is -0.392 e. The van der Waals surface area contributed by atoms with Gasteiger partial charge in [0, 0.05) is 17.6 Å². The summed E-state index contributed by atoms with van der Waals surface area (Å²) in [6.07, 6.45) is 3.01. The third-order valence-corrected chi connectivity index (χ3v) is 7.34. The minimum atomic E-state index is -3.52. The van der Waals surface area contributed by atoms with E-state index in [0.717, 1.165) is 24.8 Å². The first kappa shape index (κ1) is 16.9. The minimum absolute atomic E-state index is 0.159. The lowest BCUT2D eigenvalue weighted by Gasteiger charge is -2.31. The lowest BCUT2D eigenvalue weighted by Crippen LogP contribution is -2.39. The molecule has 4 nitrogen and oxygen atoms in total. The number of piperidine rings is 1. The lowest BCUT2D eigenvalue weighted by molar-refractivity contribution is 0.261. The summed E-state index contributed by atoms with van der Waals surface area (Å²) in [6.45, 7) is 4.95. The van der Waals surface area contributed by atoms with Crippen LogP contribution in [0.3, 0.4) is 0 Å². The molecule has 0 radical (unpaired) electrons. The van der Waals surface area contributed by atoms with E-state index >= 15 is 0 Å². The van der Waals surface area contributed by atoms with E-state index in [1.54, 1.807) is 16.4 Å². The van der Waals surface area contributed by atoms with Crippen molar-refractivity contribution >= 4 is 26.0 Å². The molecule has 0 aromatic heterocycles. The molecule has 2 rings (SSSR count). The summed E-state index contributed by atoms with van der Waals surface area (Å²) < 4.78 is 28.0. The molecule has 1 aliphatic heterocycles. The van der Waals surface area contributed by atoms with E-state index in [1.165, 1.54) is 0 Å². The van der Waals surface area contributed by atoms with Gasteiger partial charge in [-0.15, -0.1) is 0 Å². The Kier molecular flexibility index (Phi) is 5.46. The molecule has 118 valence electrons. The number of nitrogens with zero attached hydrogens (tertiary/aromatic N) is 1. The summed E-state index contributed by atoms with van der Waals surface area (Å²) in [5.74, 6) is 0.439. The van der Waals surface area contributed by atoms with Gasteiger partial charge in [0.1, 0.15) is 0 Å². The molecule has 1 N–H and O–H groups in total. The molecule has 1 saturated heterocycles. The van der Waals surface area contributed by atoms with Crippen molar-refractivity contribution in [1.82, 2.24) is 4.31 Å². The van der Waals surface area contributed by atoms with Gasteiger partial charge in [-0.2, -0.15) is 4.31 Å². The second-order valence-electron chi connectivity index (χ2n) is 5.66. The van der Waals surface area contributed by atoms with Gasteiger partial charge in [-0.05, 0) is 58.8 Å². The fourth-order valence-corrected chi connectivity index (χ4v) is 5.39. The van der Waals surface area contributed by atoms with Crippen LogP contribution in [0.5, 0.6) is 0 Å². The molecule has 1 aromatic rings. The zero-order valence-corrected chi connectivity index (χ0v) is 14.9. The van der Waals surface area contributed by atoms with Gasteiger partial charge in [0.15, 0.2) is 0 Å². The van der Waals surface area contributed by atoms with Crippen molar-refractivity contribution in [3.8, 4) is 0 Å². The van der Waals surface area contributed by atoms with Crippen molar-refractivity contribution in [3.05, 3.63) is 27.7 Å². The average Bonchev–Trinajstić information content (AvgIpc) is 2.49. The Hall–Kier alpha value is -0.430. The molecular formula is C15H22BrNO3S. The fourth-order valence-electron chi connectivity index (χ4n) is 2.81. The third-order valence-electron chi connectivity index (χ3n) is 4.14. The monoisotopic (exact) mass is 375 g/mol. The van der Waals surface area contributed by atoms with Crippen molar-refractivity contribution in [3.63, 3.8) is 0 Å². The predicted molar refractivity (Wildman–Crippen MR) is 86.6 cm³/mol. The number of aliphatic hydroxyl groups is 1. The van der Waals surface area contributed by atoms with E-state index in [1.807, 2.05) is 6.92 Å². The van der Waals surface area contributed by atoms with Gasteiger partial charge in [0.05, 0.1) is 11.5 Å². The van der Waals surface area contributed by atoms with E-state index < -0.39 is 10.0 Å². The zero-order valence-electron chi connectivity index (χ0n) is 12.5. The van der Waals surface area contributed by atoms with Gasteiger partial charge in [-0.3, -0.25) is 0 Å².